The molecule has 0 atom stereocenters. The van der Waals surface area contributed by atoms with E-state index in [2.05, 4.69) is 16.5 Å². The van der Waals surface area contributed by atoms with E-state index < -0.39 is 0 Å². The van der Waals surface area contributed by atoms with Gasteiger partial charge in [0.2, 0.25) is 0 Å². The fourth-order valence-corrected chi connectivity index (χ4v) is 4.27. The largest absolute Gasteiger partial charge is 0.457 e. The molecule has 0 aliphatic carbocycles. The molecule has 0 saturated carbocycles. The monoisotopic (exact) mass is 520 g/mol. The SMILES string of the molecule is CC1=NN(c2cccc(C#N)c2)C(=O)/C1=C\c1ccc(-c2ccc(Cl)c(C(=O)Nc3cccc(C)c3)c2)o1. The number of carbonyl (C=O) groups is 2. The van der Waals surface area contributed by atoms with E-state index in [9.17, 15) is 9.59 Å². The third-order valence-corrected chi connectivity index (χ3v) is 6.30. The fraction of sp³-hybridized carbons (Fsp3) is 0.0667. The van der Waals surface area contributed by atoms with E-state index in [1.165, 1.54) is 5.01 Å². The van der Waals surface area contributed by atoms with Crippen LogP contribution in [0.4, 0.5) is 11.4 Å². The van der Waals surface area contributed by atoms with Gasteiger partial charge in [-0.1, -0.05) is 29.8 Å². The van der Waals surface area contributed by atoms with Crippen LogP contribution in [0.3, 0.4) is 0 Å². The molecule has 0 fully saturated rings. The van der Waals surface area contributed by atoms with Crippen LogP contribution in [0, 0.1) is 18.3 Å². The maximum Gasteiger partial charge on any atom is 0.280 e. The van der Waals surface area contributed by atoms with Gasteiger partial charge in [-0.25, -0.2) is 0 Å². The molecule has 1 aliphatic rings. The van der Waals surface area contributed by atoms with Crippen molar-refractivity contribution in [3.05, 3.63) is 112 Å². The summed E-state index contributed by atoms with van der Waals surface area (Å²) in [6.07, 6.45) is 1.63. The molecule has 1 aliphatic heterocycles. The van der Waals surface area contributed by atoms with E-state index in [1.54, 1.807) is 67.6 Å². The second-order valence-electron chi connectivity index (χ2n) is 8.74. The van der Waals surface area contributed by atoms with Crippen LogP contribution in [0.1, 0.15) is 34.2 Å². The van der Waals surface area contributed by atoms with Gasteiger partial charge in [0.15, 0.2) is 0 Å². The maximum absolute atomic E-state index is 13.1. The van der Waals surface area contributed by atoms with Crippen LogP contribution < -0.4 is 10.3 Å². The number of hydrogen-bond donors (Lipinski definition) is 1. The number of nitrogens with zero attached hydrogens (tertiary/aromatic N) is 3. The molecule has 3 aromatic carbocycles. The first kappa shape index (κ1) is 24.8. The van der Waals surface area contributed by atoms with Crippen molar-refractivity contribution in [3.8, 4) is 17.4 Å². The Morgan fingerprint density at radius 3 is 2.66 bits per heavy atom. The summed E-state index contributed by atoms with van der Waals surface area (Å²) in [4.78, 5) is 26.0. The molecule has 2 heterocycles. The van der Waals surface area contributed by atoms with Crippen LogP contribution in [0.15, 0.2) is 94.0 Å². The van der Waals surface area contributed by atoms with Crippen molar-refractivity contribution in [2.75, 3.05) is 10.3 Å². The zero-order chi connectivity index (χ0) is 26.8. The van der Waals surface area contributed by atoms with E-state index in [0.29, 0.717) is 55.9 Å². The fourth-order valence-electron chi connectivity index (χ4n) is 4.07. The maximum atomic E-state index is 13.1. The zero-order valence-corrected chi connectivity index (χ0v) is 21.3. The summed E-state index contributed by atoms with van der Waals surface area (Å²) in [6, 6.07) is 24.8. The number of rotatable bonds is 5. The average molecular weight is 521 g/mol. The number of amides is 2. The molecule has 5 rings (SSSR count). The molecule has 0 bridgehead atoms. The van der Waals surface area contributed by atoms with Crippen LogP contribution in [0.5, 0.6) is 0 Å². The van der Waals surface area contributed by atoms with E-state index >= 15 is 0 Å². The number of hydrazone groups is 1. The minimum absolute atomic E-state index is 0.311. The van der Waals surface area contributed by atoms with E-state index in [4.69, 9.17) is 21.3 Å². The molecule has 0 spiro atoms. The number of carbonyl (C=O) groups excluding carboxylic acids is 2. The molecule has 0 radical (unpaired) electrons. The number of aryl methyl sites for hydroxylation is 1. The van der Waals surface area contributed by atoms with Gasteiger partial charge < -0.3 is 9.73 Å². The Labute approximate surface area is 224 Å². The summed E-state index contributed by atoms with van der Waals surface area (Å²) < 4.78 is 5.99. The van der Waals surface area contributed by atoms with Crippen molar-refractivity contribution >= 4 is 46.6 Å². The van der Waals surface area contributed by atoms with Crippen LogP contribution in [0.2, 0.25) is 5.02 Å². The van der Waals surface area contributed by atoms with Gasteiger partial charge in [0, 0.05) is 11.3 Å². The Morgan fingerprint density at radius 1 is 1.05 bits per heavy atom. The van der Waals surface area contributed by atoms with Gasteiger partial charge in [-0.3, -0.25) is 9.59 Å². The van der Waals surface area contributed by atoms with E-state index in [0.717, 1.165) is 5.56 Å². The number of furan rings is 1. The lowest BCUT2D eigenvalue weighted by atomic mass is 10.1. The smallest absolute Gasteiger partial charge is 0.280 e. The van der Waals surface area contributed by atoms with Gasteiger partial charge in [0.1, 0.15) is 11.5 Å². The number of nitriles is 1. The van der Waals surface area contributed by atoms with Gasteiger partial charge >= 0.3 is 0 Å². The lowest BCUT2D eigenvalue weighted by Crippen LogP contribution is -2.21. The minimum atomic E-state index is -0.333. The van der Waals surface area contributed by atoms with Crippen LogP contribution in [-0.2, 0) is 4.79 Å². The number of anilines is 2. The van der Waals surface area contributed by atoms with Crippen molar-refractivity contribution in [2.45, 2.75) is 13.8 Å². The Hall–Kier alpha value is -4.93. The molecule has 4 aromatic rings. The van der Waals surface area contributed by atoms with E-state index in [1.807, 2.05) is 31.2 Å². The second-order valence-corrected chi connectivity index (χ2v) is 9.15. The lowest BCUT2D eigenvalue weighted by molar-refractivity contribution is -0.114. The second kappa shape index (κ2) is 10.2. The summed E-state index contributed by atoms with van der Waals surface area (Å²) >= 11 is 6.34. The predicted octanol–water partition coefficient (Wildman–Crippen LogP) is 6.84. The highest BCUT2D eigenvalue weighted by Crippen LogP contribution is 2.30. The molecule has 1 N–H and O–H groups in total. The van der Waals surface area contributed by atoms with E-state index in [-0.39, 0.29) is 11.8 Å². The van der Waals surface area contributed by atoms with Crippen molar-refractivity contribution < 1.29 is 14.0 Å². The first-order valence-corrected chi connectivity index (χ1v) is 12.1. The molecule has 2 amide bonds. The summed E-state index contributed by atoms with van der Waals surface area (Å²) in [6.45, 7) is 3.68. The Balaban J connectivity index is 1.38. The molecule has 1 aromatic heterocycles. The third kappa shape index (κ3) is 4.99. The van der Waals surface area contributed by atoms with Gasteiger partial charge in [-0.2, -0.15) is 15.4 Å². The molecule has 0 saturated heterocycles. The summed E-state index contributed by atoms with van der Waals surface area (Å²) in [5, 5.41) is 18.0. The quantitative estimate of drug-likeness (QED) is 0.291. The number of halogens is 1. The normalized spacial score (nSPS) is 13.9. The number of nitrogens with one attached hydrogen (secondary N) is 1. The first-order chi connectivity index (χ1) is 18.3. The molecule has 8 heteroatoms. The third-order valence-electron chi connectivity index (χ3n) is 5.97. The zero-order valence-electron chi connectivity index (χ0n) is 20.5. The number of benzene rings is 3. The topological polar surface area (TPSA) is 98.7 Å². The molecule has 7 nitrogen and oxygen atoms in total. The van der Waals surface area contributed by atoms with Crippen molar-refractivity contribution in [3.63, 3.8) is 0 Å². The summed E-state index contributed by atoms with van der Waals surface area (Å²) in [5.74, 6) is 0.306. The van der Waals surface area contributed by atoms with Crippen LogP contribution in [0.25, 0.3) is 17.4 Å². The van der Waals surface area contributed by atoms with Crippen LogP contribution >= 0.6 is 11.6 Å². The van der Waals surface area contributed by atoms with Gasteiger partial charge in [-0.05, 0) is 86.2 Å². The molecule has 38 heavy (non-hydrogen) atoms. The molecule has 186 valence electrons. The number of hydrogen-bond acceptors (Lipinski definition) is 5. The first-order valence-electron chi connectivity index (χ1n) is 11.7. The lowest BCUT2D eigenvalue weighted by Gasteiger charge is -2.11. The molecular weight excluding hydrogens is 500 g/mol. The molecular formula is C30H21ClN4O3. The Kier molecular flexibility index (Phi) is 6.65. The standard InChI is InChI=1S/C30H21ClN4O3/c1-18-5-3-7-22(13-18)33-29(36)26-15-21(9-11-27(26)31)28-12-10-24(38-28)16-25-19(2)34-35(30(25)37)23-8-4-6-20(14-23)17-32/h3-16H,1-2H3,(H,33,36)/b25-16-. The van der Waals surface area contributed by atoms with Crippen molar-refractivity contribution in [1.82, 2.24) is 0 Å². The Bertz CT molecular complexity index is 1690. The Morgan fingerprint density at radius 2 is 1.87 bits per heavy atom. The summed E-state index contributed by atoms with van der Waals surface area (Å²) in [7, 11) is 0. The minimum Gasteiger partial charge on any atom is -0.457 e. The highest BCUT2D eigenvalue weighted by molar-refractivity contribution is 6.34. The van der Waals surface area contributed by atoms with Crippen LogP contribution in [-0.4, -0.2) is 17.5 Å². The highest BCUT2D eigenvalue weighted by Gasteiger charge is 2.29. The van der Waals surface area contributed by atoms with Gasteiger partial charge in [-0.15, -0.1) is 0 Å². The van der Waals surface area contributed by atoms with Gasteiger partial charge in [0.05, 0.1) is 39.2 Å². The highest BCUT2D eigenvalue weighted by atomic mass is 35.5. The van der Waals surface area contributed by atoms with Crippen molar-refractivity contribution in [2.24, 2.45) is 5.10 Å². The van der Waals surface area contributed by atoms with Gasteiger partial charge in [0.25, 0.3) is 11.8 Å². The predicted molar refractivity (Wildman–Crippen MR) is 148 cm³/mol. The average Bonchev–Trinajstić information content (AvgIpc) is 3.49. The molecule has 0 unspecified atom stereocenters. The van der Waals surface area contributed by atoms with Crippen molar-refractivity contribution in [1.29, 1.82) is 5.26 Å². The summed E-state index contributed by atoms with van der Waals surface area (Å²) in [5.41, 5.74) is 4.52.